The lowest BCUT2D eigenvalue weighted by atomic mass is 9.98. The summed E-state index contributed by atoms with van der Waals surface area (Å²) in [6.45, 7) is 1.75. The Morgan fingerprint density at radius 3 is 2.64 bits per heavy atom. The van der Waals surface area contributed by atoms with Crippen LogP contribution in [0.1, 0.15) is 20.1 Å². The SMILES string of the molecule is COC(=O)C(C)NP(=O)(OCC1OC(n2ccc(=O)[nH]c2=O)C(C)(F)C1O)Oc1cccc2c1c1ccccc1n2C. The van der Waals surface area contributed by atoms with Crippen LogP contribution >= 0.6 is 7.75 Å². The molecule has 1 aliphatic heterocycles. The van der Waals surface area contributed by atoms with Gasteiger partial charge in [-0.15, -0.1) is 0 Å². The van der Waals surface area contributed by atoms with Crippen LogP contribution in [0.4, 0.5) is 4.39 Å². The second-order valence-electron chi connectivity index (χ2n) is 10.1. The zero-order chi connectivity index (χ0) is 30.4. The number of aryl methyl sites for hydroxylation is 1. The van der Waals surface area contributed by atoms with Crippen LogP contribution in [0.25, 0.3) is 21.8 Å². The van der Waals surface area contributed by atoms with Crippen LogP contribution in [-0.2, 0) is 30.4 Å². The van der Waals surface area contributed by atoms with Crippen molar-refractivity contribution in [3.05, 3.63) is 75.6 Å². The Balaban J connectivity index is 1.47. The molecule has 1 saturated heterocycles. The summed E-state index contributed by atoms with van der Waals surface area (Å²) in [7, 11) is -1.42. The number of rotatable bonds is 9. The number of carbonyl (C=O) groups excluding carboxylic acids is 1. The summed E-state index contributed by atoms with van der Waals surface area (Å²) in [5.41, 5.74) is -2.49. The fourth-order valence-electron chi connectivity index (χ4n) is 5.07. The number of H-pyrrole nitrogens is 1. The molecule has 15 heteroatoms. The number of benzene rings is 2. The second kappa shape index (κ2) is 11.1. The summed E-state index contributed by atoms with van der Waals surface area (Å²) < 4.78 is 54.6. The Labute approximate surface area is 238 Å². The molecule has 3 N–H and O–H groups in total. The van der Waals surface area contributed by atoms with E-state index in [-0.39, 0.29) is 5.75 Å². The maximum Gasteiger partial charge on any atom is 0.459 e. The van der Waals surface area contributed by atoms with E-state index in [1.807, 2.05) is 46.9 Å². The molecule has 4 aromatic rings. The van der Waals surface area contributed by atoms with E-state index in [1.165, 1.54) is 6.92 Å². The summed E-state index contributed by atoms with van der Waals surface area (Å²) in [5.74, 6) is -0.574. The van der Waals surface area contributed by atoms with Gasteiger partial charge in [0.05, 0.1) is 24.6 Å². The predicted octanol–water partition coefficient (Wildman–Crippen LogP) is 2.52. The number of aromatic amines is 1. The number of para-hydroxylation sites is 1. The first kappa shape index (κ1) is 29.7. The molecule has 5 rings (SSSR count). The van der Waals surface area contributed by atoms with Gasteiger partial charge in [0.2, 0.25) is 0 Å². The van der Waals surface area contributed by atoms with Crippen LogP contribution < -0.4 is 20.9 Å². The van der Waals surface area contributed by atoms with Gasteiger partial charge in [0, 0.05) is 30.2 Å². The largest absolute Gasteiger partial charge is 0.468 e. The number of carbonyl (C=O) groups is 1. The molecule has 0 bridgehead atoms. The van der Waals surface area contributed by atoms with Crippen LogP contribution in [0.5, 0.6) is 5.75 Å². The molecular formula is C27H30FN4O9P. The number of halogens is 1. The van der Waals surface area contributed by atoms with Crippen molar-refractivity contribution in [2.75, 3.05) is 13.7 Å². The minimum Gasteiger partial charge on any atom is -0.468 e. The number of nitrogens with zero attached hydrogens (tertiary/aromatic N) is 2. The molecule has 42 heavy (non-hydrogen) atoms. The Morgan fingerprint density at radius 2 is 1.93 bits per heavy atom. The molecule has 0 aliphatic carbocycles. The average molecular weight is 605 g/mol. The van der Waals surface area contributed by atoms with Gasteiger partial charge in [-0.1, -0.05) is 24.3 Å². The fraction of sp³-hybridized carbons (Fsp3) is 0.370. The Hall–Kier alpha value is -3.81. The van der Waals surface area contributed by atoms with Gasteiger partial charge >= 0.3 is 19.4 Å². The summed E-state index contributed by atoms with van der Waals surface area (Å²) >= 11 is 0. The van der Waals surface area contributed by atoms with Gasteiger partial charge in [0.25, 0.3) is 5.56 Å². The Kier molecular flexibility index (Phi) is 7.86. The highest BCUT2D eigenvalue weighted by atomic mass is 31.2. The molecule has 0 radical (unpaired) electrons. The number of hydrogen-bond acceptors (Lipinski definition) is 9. The van der Waals surface area contributed by atoms with Crippen molar-refractivity contribution in [3.8, 4) is 5.75 Å². The topological polar surface area (TPSA) is 163 Å². The molecule has 6 atom stereocenters. The van der Waals surface area contributed by atoms with Crippen molar-refractivity contribution < 1.29 is 37.4 Å². The normalized spacial score (nSPS) is 24.5. The lowest BCUT2D eigenvalue weighted by Crippen LogP contribution is -2.43. The molecule has 1 fully saturated rings. The number of esters is 1. The monoisotopic (exact) mass is 604 g/mol. The zero-order valence-electron chi connectivity index (χ0n) is 23.1. The summed E-state index contributed by atoms with van der Waals surface area (Å²) in [5, 5.41) is 14.7. The van der Waals surface area contributed by atoms with Gasteiger partial charge in [-0.2, -0.15) is 5.09 Å². The van der Waals surface area contributed by atoms with Crippen molar-refractivity contribution in [2.45, 2.75) is 44.0 Å². The third-order valence-corrected chi connectivity index (χ3v) is 8.88. The number of aliphatic hydroxyl groups is 1. The van der Waals surface area contributed by atoms with E-state index in [1.54, 1.807) is 12.1 Å². The van der Waals surface area contributed by atoms with Crippen molar-refractivity contribution in [1.29, 1.82) is 0 Å². The Morgan fingerprint density at radius 1 is 1.21 bits per heavy atom. The number of alkyl halides is 1. The zero-order valence-corrected chi connectivity index (χ0v) is 24.0. The third kappa shape index (κ3) is 5.27. The number of aromatic nitrogens is 3. The van der Waals surface area contributed by atoms with Crippen molar-refractivity contribution in [2.24, 2.45) is 7.05 Å². The summed E-state index contributed by atoms with van der Waals surface area (Å²) in [6, 6.07) is 12.5. The maximum absolute atomic E-state index is 15.7. The molecule has 3 heterocycles. The standard InChI is InChI=1S/C27H30FN4O9P/c1-15(24(35)38-4)30-42(37,41-19-11-7-10-18-22(19)16-8-5-6-9-17(16)31(18)3)39-14-20-23(34)27(2,28)25(40-20)32-13-12-21(33)29-26(32)36/h5-13,15,20,23,25,34H,14H2,1-4H3,(H,30,37)(H,29,33,36). The number of aliphatic hydroxyl groups excluding tert-OH is 1. The average Bonchev–Trinajstić information content (AvgIpc) is 3.37. The Bertz CT molecular complexity index is 1820. The van der Waals surface area contributed by atoms with Gasteiger partial charge in [-0.05, 0) is 32.0 Å². The van der Waals surface area contributed by atoms with Gasteiger partial charge in [-0.25, -0.2) is 13.8 Å². The summed E-state index contributed by atoms with van der Waals surface area (Å²) in [6.07, 6.45) is -3.87. The minimum atomic E-state index is -4.46. The molecular weight excluding hydrogens is 574 g/mol. The second-order valence-corrected chi connectivity index (χ2v) is 11.8. The molecule has 0 saturated carbocycles. The molecule has 0 spiro atoms. The van der Waals surface area contributed by atoms with Crippen molar-refractivity contribution >= 4 is 35.5 Å². The van der Waals surface area contributed by atoms with Crippen LogP contribution in [0.3, 0.4) is 0 Å². The number of fused-ring (bicyclic) bond motifs is 3. The fourth-order valence-corrected chi connectivity index (χ4v) is 6.59. The highest BCUT2D eigenvalue weighted by molar-refractivity contribution is 7.52. The van der Waals surface area contributed by atoms with Gasteiger partial charge in [-0.3, -0.25) is 23.7 Å². The van der Waals surface area contributed by atoms with E-state index in [9.17, 15) is 24.1 Å². The van der Waals surface area contributed by atoms with Gasteiger partial charge < -0.3 is 23.7 Å². The van der Waals surface area contributed by atoms with Crippen LogP contribution in [0.2, 0.25) is 0 Å². The molecule has 2 aromatic heterocycles. The number of ether oxygens (including phenoxy) is 2. The van der Waals surface area contributed by atoms with Crippen molar-refractivity contribution in [3.63, 3.8) is 0 Å². The molecule has 6 unspecified atom stereocenters. The first-order valence-electron chi connectivity index (χ1n) is 13.0. The highest BCUT2D eigenvalue weighted by Gasteiger charge is 2.56. The van der Waals surface area contributed by atoms with Gasteiger partial charge in [0.15, 0.2) is 11.9 Å². The van der Waals surface area contributed by atoms with E-state index in [4.69, 9.17) is 18.5 Å². The van der Waals surface area contributed by atoms with Crippen molar-refractivity contribution in [1.82, 2.24) is 19.2 Å². The van der Waals surface area contributed by atoms with E-state index in [0.717, 1.165) is 47.3 Å². The molecule has 224 valence electrons. The minimum absolute atomic E-state index is 0.179. The van der Waals surface area contributed by atoms with Crippen LogP contribution in [-0.4, -0.2) is 62.8 Å². The lowest BCUT2D eigenvalue weighted by Gasteiger charge is -2.25. The molecule has 0 amide bonds. The molecule has 2 aromatic carbocycles. The van der Waals surface area contributed by atoms with E-state index in [0.29, 0.717) is 5.39 Å². The van der Waals surface area contributed by atoms with Gasteiger partial charge in [0.1, 0.15) is 24.0 Å². The summed E-state index contributed by atoms with van der Waals surface area (Å²) in [4.78, 5) is 38.0. The van der Waals surface area contributed by atoms with E-state index < -0.39 is 61.7 Å². The number of methoxy groups -OCH3 is 1. The third-order valence-electron chi connectivity index (χ3n) is 7.25. The smallest absolute Gasteiger partial charge is 0.459 e. The number of hydrogen-bond donors (Lipinski definition) is 3. The van der Waals surface area contributed by atoms with Crippen LogP contribution in [0, 0.1) is 0 Å². The maximum atomic E-state index is 15.7. The first-order chi connectivity index (χ1) is 19.9. The number of nitrogens with one attached hydrogen (secondary N) is 2. The highest BCUT2D eigenvalue weighted by Crippen LogP contribution is 2.49. The van der Waals surface area contributed by atoms with Crippen LogP contribution in [0.15, 0.2) is 64.3 Å². The van der Waals surface area contributed by atoms with E-state index >= 15 is 4.39 Å². The lowest BCUT2D eigenvalue weighted by molar-refractivity contribution is -0.142. The van der Waals surface area contributed by atoms with E-state index in [2.05, 4.69) is 5.09 Å². The molecule has 1 aliphatic rings. The molecule has 13 nitrogen and oxygen atoms in total. The predicted molar refractivity (Wildman–Crippen MR) is 150 cm³/mol. The quantitative estimate of drug-likeness (QED) is 0.191. The first-order valence-corrected chi connectivity index (χ1v) is 14.5.